The van der Waals surface area contributed by atoms with E-state index in [0.717, 1.165) is 24.6 Å². The Kier molecular flexibility index (Phi) is 4.00. The van der Waals surface area contributed by atoms with Crippen molar-refractivity contribution in [3.05, 3.63) is 21.4 Å². The maximum Gasteiger partial charge on any atom is 0.177 e. The minimum absolute atomic E-state index is 0.295. The Labute approximate surface area is 108 Å². The zero-order chi connectivity index (χ0) is 12.4. The summed E-state index contributed by atoms with van der Waals surface area (Å²) >= 11 is 1.72. The first kappa shape index (κ1) is 12.8. The molecular weight excluding hydrogens is 230 g/mol. The van der Waals surface area contributed by atoms with Crippen LogP contribution >= 0.6 is 11.3 Å². The number of Topliss-reactive ketones (excluding diaryl/α,β-unsaturated/α-hetero) is 1. The number of hydrogen-bond donors (Lipinski definition) is 0. The van der Waals surface area contributed by atoms with Crippen LogP contribution in [0.5, 0.6) is 0 Å². The molecule has 1 saturated heterocycles. The Morgan fingerprint density at radius 1 is 1.53 bits per heavy atom. The van der Waals surface area contributed by atoms with Gasteiger partial charge in [0.2, 0.25) is 0 Å². The summed E-state index contributed by atoms with van der Waals surface area (Å²) in [5.74, 6) is 1.09. The molecule has 0 saturated carbocycles. The Bertz CT molecular complexity index is 410. The van der Waals surface area contributed by atoms with Gasteiger partial charge in [-0.2, -0.15) is 0 Å². The van der Waals surface area contributed by atoms with Gasteiger partial charge in [-0.15, -0.1) is 11.3 Å². The van der Waals surface area contributed by atoms with E-state index < -0.39 is 0 Å². The van der Waals surface area contributed by atoms with Gasteiger partial charge >= 0.3 is 0 Å². The summed E-state index contributed by atoms with van der Waals surface area (Å²) in [5, 5.41) is 0. The summed E-state index contributed by atoms with van der Waals surface area (Å²) in [4.78, 5) is 16.9. The van der Waals surface area contributed by atoms with Crippen LogP contribution in [0.2, 0.25) is 0 Å². The summed E-state index contributed by atoms with van der Waals surface area (Å²) in [6, 6.07) is 2.04. The summed E-state index contributed by atoms with van der Waals surface area (Å²) in [6.45, 7) is 9.15. The fraction of sp³-hybridized carbons (Fsp3) is 0.643. The molecule has 2 nitrogen and oxygen atoms in total. The molecule has 0 spiro atoms. The number of aryl methyl sites for hydroxylation is 2. The van der Waals surface area contributed by atoms with Gasteiger partial charge in [0.15, 0.2) is 5.78 Å². The van der Waals surface area contributed by atoms with Gasteiger partial charge in [0, 0.05) is 21.9 Å². The van der Waals surface area contributed by atoms with Crippen LogP contribution in [-0.4, -0.2) is 30.3 Å². The monoisotopic (exact) mass is 251 g/mol. The smallest absolute Gasteiger partial charge is 0.177 e. The van der Waals surface area contributed by atoms with Crippen LogP contribution in [0.25, 0.3) is 0 Å². The molecule has 0 amide bonds. The fourth-order valence-electron chi connectivity index (χ4n) is 2.59. The SMILES string of the molecule is CCC1CCN(CC(=O)c2cc(C)sc2C)C1. The number of rotatable bonds is 4. The molecule has 0 bridgehead atoms. The van der Waals surface area contributed by atoms with Crippen molar-refractivity contribution >= 4 is 17.1 Å². The van der Waals surface area contributed by atoms with Crippen LogP contribution in [0, 0.1) is 19.8 Å². The van der Waals surface area contributed by atoms with Crippen molar-refractivity contribution in [2.75, 3.05) is 19.6 Å². The van der Waals surface area contributed by atoms with Gasteiger partial charge in [-0.1, -0.05) is 13.3 Å². The molecule has 0 radical (unpaired) electrons. The van der Waals surface area contributed by atoms with Crippen LogP contribution in [0.1, 0.15) is 39.9 Å². The standard InChI is InChI=1S/C14H21NOS/c1-4-12-5-6-15(8-12)9-14(16)13-7-10(2)17-11(13)3/h7,12H,4-6,8-9H2,1-3H3. The molecule has 3 heteroatoms. The lowest BCUT2D eigenvalue weighted by Gasteiger charge is -2.14. The number of carbonyl (C=O) groups excluding carboxylic acids is 1. The third-order valence-corrected chi connectivity index (χ3v) is 4.62. The lowest BCUT2D eigenvalue weighted by atomic mass is 10.1. The predicted octanol–water partition coefficient (Wildman–Crippen LogP) is 3.28. The summed E-state index contributed by atoms with van der Waals surface area (Å²) in [5.41, 5.74) is 0.937. The number of hydrogen-bond acceptors (Lipinski definition) is 3. The van der Waals surface area contributed by atoms with Crippen LogP contribution in [0.4, 0.5) is 0 Å². The second-order valence-electron chi connectivity index (χ2n) is 5.05. The summed E-state index contributed by atoms with van der Waals surface area (Å²) in [6.07, 6.45) is 2.49. The lowest BCUT2D eigenvalue weighted by Crippen LogP contribution is -2.27. The van der Waals surface area contributed by atoms with Gasteiger partial charge in [0.25, 0.3) is 0 Å². The molecule has 94 valence electrons. The van der Waals surface area contributed by atoms with Crippen molar-refractivity contribution < 1.29 is 4.79 Å². The van der Waals surface area contributed by atoms with E-state index in [1.807, 2.05) is 13.0 Å². The molecule has 0 aromatic carbocycles. The van der Waals surface area contributed by atoms with Crippen LogP contribution < -0.4 is 0 Å². The van der Waals surface area contributed by atoms with E-state index in [0.29, 0.717) is 12.3 Å². The van der Waals surface area contributed by atoms with E-state index in [1.54, 1.807) is 11.3 Å². The Balaban J connectivity index is 1.96. The zero-order valence-electron chi connectivity index (χ0n) is 11.0. The molecule has 1 aliphatic rings. The molecule has 1 atom stereocenters. The summed E-state index contributed by atoms with van der Waals surface area (Å²) in [7, 11) is 0. The van der Waals surface area contributed by atoms with E-state index in [4.69, 9.17) is 0 Å². The van der Waals surface area contributed by atoms with Crippen molar-refractivity contribution in [3.8, 4) is 0 Å². The van der Waals surface area contributed by atoms with Crippen molar-refractivity contribution in [2.24, 2.45) is 5.92 Å². The molecule has 2 rings (SSSR count). The molecule has 1 aliphatic heterocycles. The molecule has 1 unspecified atom stereocenters. The van der Waals surface area contributed by atoms with E-state index in [-0.39, 0.29) is 0 Å². The summed E-state index contributed by atoms with van der Waals surface area (Å²) < 4.78 is 0. The Hall–Kier alpha value is -0.670. The first-order valence-corrected chi connectivity index (χ1v) is 7.24. The van der Waals surface area contributed by atoms with Crippen LogP contribution in [-0.2, 0) is 0 Å². The predicted molar refractivity (Wildman–Crippen MR) is 73.0 cm³/mol. The van der Waals surface area contributed by atoms with Crippen molar-refractivity contribution in [2.45, 2.75) is 33.6 Å². The first-order chi connectivity index (χ1) is 8.10. The van der Waals surface area contributed by atoms with Gasteiger partial charge in [-0.05, 0) is 38.8 Å². The fourth-order valence-corrected chi connectivity index (χ4v) is 3.53. The number of nitrogens with zero attached hydrogens (tertiary/aromatic N) is 1. The number of ketones is 1. The second-order valence-corrected chi connectivity index (χ2v) is 6.51. The molecule has 0 N–H and O–H groups in total. The van der Waals surface area contributed by atoms with Crippen LogP contribution in [0.15, 0.2) is 6.07 Å². The minimum Gasteiger partial charge on any atom is -0.296 e. The third-order valence-electron chi connectivity index (χ3n) is 3.66. The van der Waals surface area contributed by atoms with Gasteiger partial charge in [-0.25, -0.2) is 0 Å². The molecule has 1 aromatic rings. The highest BCUT2D eigenvalue weighted by Crippen LogP contribution is 2.23. The van der Waals surface area contributed by atoms with Crippen molar-refractivity contribution in [3.63, 3.8) is 0 Å². The van der Waals surface area contributed by atoms with Gasteiger partial charge in [-0.3, -0.25) is 9.69 Å². The van der Waals surface area contributed by atoms with E-state index in [9.17, 15) is 4.79 Å². The van der Waals surface area contributed by atoms with Gasteiger partial charge in [0.1, 0.15) is 0 Å². The average molecular weight is 251 g/mol. The van der Waals surface area contributed by atoms with Gasteiger partial charge in [0.05, 0.1) is 6.54 Å². The third kappa shape index (κ3) is 2.96. The first-order valence-electron chi connectivity index (χ1n) is 6.42. The largest absolute Gasteiger partial charge is 0.296 e. The molecule has 17 heavy (non-hydrogen) atoms. The molecule has 1 fully saturated rings. The maximum absolute atomic E-state index is 12.2. The maximum atomic E-state index is 12.2. The van der Waals surface area contributed by atoms with Crippen LogP contribution in [0.3, 0.4) is 0 Å². The minimum atomic E-state index is 0.295. The van der Waals surface area contributed by atoms with Crippen molar-refractivity contribution in [1.29, 1.82) is 0 Å². The highest BCUT2D eigenvalue weighted by Gasteiger charge is 2.23. The highest BCUT2D eigenvalue weighted by molar-refractivity contribution is 7.12. The number of carbonyl (C=O) groups is 1. The number of likely N-dealkylation sites (tertiary alicyclic amines) is 1. The lowest BCUT2D eigenvalue weighted by molar-refractivity contribution is 0.0943. The van der Waals surface area contributed by atoms with E-state index in [1.165, 1.54) is 22.6 Å². The average Bonchev–Trinajstić information content (AvgIpc) is 2.85. The molecule has 1 aromatic heterocycles. The Morgan fingerprint density at radius 2 is 2.29 bits per heavy atom. The van der Waals surface area contributed by atoms with Gasteiger partial charge < -0.3 is 0 Å². The topological polar surface area (TPSA) is 20.3 Å². The molecule has 0 aliphatic carbocycles. The highest BCUT2D eigenvalue weighted by atomic mass is 32.1. The normalized spacial score (nSPS) is 21.0. The van der Waals surface area contributed by atoms with E-state index >= 15 is 0 Å². The second kappa shape index (κ2) is 5.32. The Morgan fingerprint density at radius 3 is 2.82 bits per heavy atom. The molecule has 2 heterocycles. The molecular formula is C14H21NOS. The van der Waals surface area contributed by atoms with E-state index in [2.05, 4.69) is 18.7 Å². The van der Waals surface area contributed by atoms with Crippen molar-refractivity contribution in [1.82, 2.24) is 4.90 Å². The number of thiophene rings is 1. The quantitative estimate of drug-likeness (QED) is 0.765. The zero-order valence-corrected chi connectivity index (χ0v) is 11.8.